The van der Waals surface area contributed by atoms with E-state index in [2.05, 4.69) is 10.0 Å². The highest BCUT2D eigenvalue weighted by molar-refractivity contribution is 7.78. The van der Waals surface area contributed by atoms with E-state index in [9.17, 15) is 9.67 Å². The van der Waals surface area contributed by atoms with E-state index in [1.807, 2.05) is 91.0 Å². The normalized spacial score (nSPS) is 13.3. The van der Waals surface area contributed by atoms with Crippen LogP contribution in [0.1, 0.15) is 18.0 Å². The number of hydrogen-bond acceptors (Lipinski definition) is 3. The first-order chi connectivity index (χ1) is 13.6. The molecule has 0 aliphatic carbocycles. The Hall–Kier alpha value is -2.84. The highest BCUT2D eigenvalue weighted by Crippen LogP contribution is 2.44. The van der Waals surface area contributed by atoms with Crippen LogP contribution in [0, 0.1) is 0 Å². The van der Waals surface area contributed by atoms with Crippen molar-refractivity contribution in [1.29, 1.82) is 0 Å². The van der Waals surface area contributed by atoms with Gasteiger partial charge in [-0.2, -0.15) is 0 Å². The maximum atomic E-state index is 14.0. The van der Waals surface area contributed by atoms with Crippen molar-refractivity contribution in [3.63, 3.8) is 0 Å². The standard InChI is InChI=1S/C22H22N3O2P/c23-25-24-22(18-10-4-1-5-11-18)21(26)16-17-28(27,19-12-6-2-7-13-19)20-14-8-3-9-15-20/h1-15,21-22,26H,16-17H2/t21-,22+/m1/s1. The number of nitrogens with zero attached hydrogens (tertiary/aromatic N) is 3. The van der Waals surface area contributed by atoms with E-state index in [0.717, 1.165) is 16.2 Å². The molecule has 142 valence electrons. The molecule has 2 atom stereocenters. The summed E-state index contributed by atoms with van der Waals surface area (Å²) in [4.78, 5) is 2.89. The molecule has 0 fully saturated rings. The molecule has 3 aromatic rings. The third kappa shape index (κ3) is 4.52. The van der Waals surface area contributed by atoms with Crippen LogP contribution < -0.4 is 10.6 Å². The molecule has 0 heterocycles. The van der Waals surface area contributed by atoms with Gasteiger partial charge in [0.05, 0.1) is 12.1 Å². The third-order valence-corrected chi connectivity index (χ3v) is 7.92. The van der Waals surface area contributed by atoms with Gasteiger partial charge in [0, 0.05) is 21.7 Å². The average Bonchev–Trinajstić information content (AvgIpc) is 2.77. The minimum Gasteiger partial charge on any atom is -0.392 e. The van der Waals surface area contributed by atoms with Gasteiger partial charge in [0.2, 0.25) is 0 Å². The second kappa shape index (κ2) is 9.38. The SMILES string of the molecule is [N-]=[N+]=N[C@@H](c1ccccc1)[C@H](O)CCP(=O)(c1ccccc1)c1ccccc1. The lowest BCUT2D eigenvalue weighted by atomic mass is 10.0. The fourth-order valence-electron chi connectivity index (χ4n) is 3.29. The van der Waals surface area contributed by atoms with Crippen molar-refractivity contribution in [3.05, 3.63) is 107 Å². The van der Waals surface area contributed by atoms with Gasteiger partial charge in [-0.3, -0.25) is 0 Å². The van der Waals surface area contributed by atoms with Crippen LogP contribution in [0.4, 0.5) is 0 Å². The first-order valence-electron chi connectivity index (χ1n) is 9.12. The van der Waals surface area contributed by atoms with Gasteiger partial charge in [-0.25, -0.2) is 0 Å². The fourth-order valence-corrected chi connectivity index (χ4v) is 6.04. The molecular weight excluding hydrogens is 369 g/mol. The quantitative estimate of drug-likeness (QED) is 0.259. The summed E-state index contributed by atoms with van der Waals surface area (Å²) in [7, 11) is -2.92. The van der Waals surface area contributed by atoms with Crippen LogP contribution in [0.3, 0.4) is 0 Å². The smallest absolute Gasteiger partial charge is 0.143 e. The molecule has 0 unspecified atom stereocenters. The number of rotatable bonds is 8. The van der Waals surface area contributed by atoms with Crippen molar-refractivity contribution in [1.82, 2.24) is 0 Å². The second-order valence-electron chi connectivity index (χ2n) is 6.55. The van der Waals surface area contributed by atoms with Gasteiger partial charge in [-0.15, -0.1) is 0 Å². The van der Waals surface area contributed by atoms with Crippen molar-refractivity contribution in [2.24, 2.45) is 5.11 Å². The molecule has 0 saturated heterocycles. The van der Waals surface area contributed by atoms with Gasteiger partial charge in [0.1, 0.15) is 7.14 Å². The van der Waals surface area contributed by atoms with Crippen LogP contribution in [0.5, 0.6) is 0 Å². The zero-order valence-electron chi connectivity index (χ0n) is 15.4. The van der Waals surface area contributed by atoms with E-state index in [4.69, 9.17) is 5.53 Å². The molecule has 0 aliphatic heterocycles. The minimum absolute atomic E-state index is 0.250. The van der Waals surface area contributed by atoms with E-state index in [1.165, 1.54) is 0 Å². The Labute approximate surface area is 164 Å². The zero-order valence-corrected chi connectivity index (χ0v) is 16.3. The summed E-state index contributed by atoms with van der Waals surface area (Å²) in [5, 5.41) is 16.1. The van der Waals surface area contributed by atoms with Crippen LogP contribution in [-0.4, -0.2) is 17.4 Å². The van der Waals surface area contributed by atoms with Crippen LogP contribution in [-0.2, 0) is 4.57 Å². The lowest BCUT2D eigenvalue weighted by molar-refractivity contribution is 0.141. The summed E-state index contributed by atoms with van der Waals surface area (Å²) < 4.78 is 14.0. The molecule has 5 nitrogen and oxygen atoms in total. The number of azide groups is 1. The number of aliphatic hydroxyl groups is 1. The predicted octanol–water partition coefficient (Wildman–Crippen LogP) is 4.80. The van der Waals surface area contributed by atoms with E-state index in [0.29, 0.717) is 0 Å². The van der Waals surface area contributed by atoms with Gasteiger partial charge in [0.15, 0.2) is 0 Å². The number of aliphatic hydroxyl groups excluding tert-OH is 1. The molecule has 3 rings (SSSR count). The lowest BCUT2D eigenvalue weighted by Crippen LogP contribution is -2.23. The molecule has 28 heavy (non-hydrogen) atoms. The summed E-state index contributed by atoms with van der Waals surface area (Å²) in [6, 6.07) is 27.2. The number of hydrogen-bond donors (Lipinski definition) is 1. The fraction of sp³-hybridized carbons (Fsp3) is 0.182. The molecule has 1 N–H and O–H groups in total. The van der Waals surface area contributed by atoms with Crippen molar-refractivity contribution < 1.29 is 9.67 Å². The van der Waals surface area contributed by atoms with Gasteiger partial charge in [-0.05, 0) is 17.5 Å². The second-order valence-corrected chi connectivity index (χ2v) is 9.51. The van der Waals surface area contributed by atoms with E-state index in [-0.39, 0.29) is 12.6 Å². The Balaban J connectivity index is 1.88. The predicted molar refractivity (Wildman–Crippen MR) is 114 cm³/mol. The van der Waals surface area contributed by atoms with Crippen molar-refractivity contribution in [2.45, 2.75) is 18.6 Å². The Morgan fingerprint density at radius 1 is 0.857 bits per heavy atom. The summed E-state index contributed by atoms with van der Waals surface area (Å²) in [5.41, 5.74) is 9.66. The maximum absolute atomic E-state index is 14.0. The first-order valence-corrected chi connectivity index (χ1v) is 11.0. The Kier molecular flexibility index (Phi) is 6.67. The highest BCUT2D eigenvalue weighted by atomic mass is 31.2. The zero-order chi connectivity index (χ0) is 19.8. The molecule has 0 amide bonds. The van der Waals surface area contributed by atoms with Crippen LogP contribution in [0.15, 0.2) is 96.1 Å². The van der Waals surface area contributed by atoms with Crippen molar-refractivity contribution in [2.75, 3.05) is 6.16 Å². The first kappa shape index (κ1) is 19.9. The summed E-state index contributed by atoms with van der Waals surface area (Å²) >= 11 is 0. The monoisotopic (exact) mass is 391 g/mol. The van der Waals surface area contributed by atoms with Gasteiger partial charge in [0.25, 0.3) is 0 Å². The summed E-state index contributed by atoms with van der Waals surface area (Å²) in [6.45, 7) is 0. The van der Waals surface area contributed by atoms with Crippen LogP contribution >= 0.6 is 7.14 Å². The van der Waals surface area contributed by atoms with Crippen molar-refractivity contribution >= 4 is 17.8 Å². The van der Waals surface area contributed by atoms with Crippen LogP contribution in [0.2, 0.25) is 0 Å². The Morgan fingerprint density at radius 3 is 1.79 bits per heavy atom. The summed E-state index contributed by atoms with van der Waals surface area (Å²) in [5.74, 6) is 0. The molecular formula is C22H22N3O2P. The Morgan fingerprint density at radius 2 is 1.32 bits per heavy atom. The van der Waals surface area contributed by atoms with E-state index < -0.39 is 19.3 Å². The van der Waals surface area contributed by atoms with Crippen LogP contribution in [0.25, 0.3) is 10.4 Å². The average molecular weight is 391 g/mol. The number of benzene rings is 3. The van der Waals surface area contributed by atoms with E-state index >= 15 is 0 Å². The lowest BCUT2D eigenvalue weighted by Gasteiger charge is -2.23. The largest absolute Gasteiger partial charge is 0.392 e. The molecule has 3 aromatic carbocycles. The summed E-state index contributed by atoms with van der Waals surface area (Å²) in [6.07, 6.45) is -0.398. The van der Waals surface area contributed by atoms with Gasteiger partial charge >= 0.3 is 0 Å². The van der Waals surface area contributed by atoms with E-state index in [1.54, 1.807) is 0 Å². The van der Waals surface area contributed by atoms with Gasteiger partial charge < -0.3 is 9.67 Å². The highest BCUT2D eigenvalue weighted by Gasteiger charge is 2.29. The molecule has 0 radical (unpaired) electrons. The molecule has 0 aromatic heterocycles. The van der Waals surface area contributed by atoms with Crippen molar-refractivity contribution in [3.8, 4) is 0 Å². The maximum Gasteiger partial charge on any atom is 0.143 e. The molecule has 0 bridgehead atoms. The van der Waals surface area contributed by atoms with Gasteiger partial charge in [-0.1, -0.05) is 96.1 Å². The molecule has 6 heteroatoms. The Bertz CT molecular complexity index is 931. The molecule has 0 saturated carbocycles. The minimum atomic E-state index is -2.92. The molecule has 0 spiro atoms. The third-order valence-electron chi connectivity index (χ3n) is 4.77. The topological polar surface area (TPSA) is 86.1 Å². The molecule has 0 aliphatic rings.